The molecule has 0 aromatic heterocycles. The van der Waals surface area contributed by atoms with Crippen LogP contribution in [0.15, 0.2) is 24.3 Å². The highest BCUT2D eigenvalue weighted by Gasteiger charge is 2.43. The van der Waals surface area contributed by atoms with Gasteiger partial charge in [-0.3, -0.25) is 4.79 Å². The van der Waals surface area contributed by atoms with Crippen LogP contribution >= 0.6 is 0 Å². The second-order valence-corrected chi connectivity index (χ2v) is 8.29. The number of piperidine rings is 1. The molecule has 3 heteroatoms. The van der Waals surface area contributed by atoms with Gasteiger partial charge in [0.15, 0.2) is 0 Å². The molecule has 2 saturated heterocycles. The minimum atomic E-state index is -0.297. The SMILES string of the molecule is Cc1cccc(C2(C(=O)NC3CC4CCC(C3)N4)CCCCC2)c1. The lowest BCUT2D eigenvalue weighted by atomic mass is 9.68. The van der Waals surface area contributed by atoms with Gasteiger partial charge in [0.25, 0.3) is 0 Å². The summed E-state index contributed by atoms with van der Waals surface area (Å²) in [5, 5.41) is 7.14. The molecule has 1 aliphatic carbocycles. The highest BCUT2D eigenvalue weighted by atomic mass is 16.2. The molecule has 3 fully saturated rings. The monoisotopic (exact) mass is 326 g/mol. The molecule has 1 saturated carbocycles. The van der Waals surface area contributed by atoms with Gasteiger partial charge in [-0.15, -0.1) is 0 Å². The number of carbonyl (C=O) groups is 1. The van der Waals surface area contributed by atoms with Crippen LogP contribution < -0.4 is 10.6 Å². The summed E-state index contributed by atoms with van der Waals surface area (Å²) in [5.41, 5.74) is 2.19. The van der Waals surface area contributed by atoms with Gasteiger partial charge < -0.3 is 10.6 Å². The predicted molar refractivity (Wildman–Crippen MR) is 97.1 cm³/mol. The Bertz CT molecular complexity index is 594. The first-order valence-electron chi connectivity index (χ1n) is 9.80. The van der Waals surface area contributed by atoms with Crippen LogP contribution in [-0.4, -0.2) is 24.0 Å². The predicted octanol–water partition coefficient (Wildman–Crippen LogP) is 3.60. The molecule has 1 aromatic carbocycles. The van der Waals surface area contributed by atoms with Crippen LogP contribution in [-0.2, 0) is 10.2 Å². The number of hydrogen-bond donors (Lipinski definition) is 2. The number of rotatable bonds is 3. The van der Waals surface area contributed by atoms with E-state index in [1.54, 1.807) is 0 Å². The van der Waals surface area contributed by atoms with Crippen LogP contribution in [0.3, 0.4) is 0 Å². The molecule has 2 atom stereocenters. The molecule has 4 rings (SSSR count). The second kappa shape index (κ2) is 6.51. The summed E-state index contributed by atoms with van der Waals surface area (Å²) in [4.78, 5) is 13.4. The van der Waals surface area contributed by atoms with Gasteiger partial charge in [0.1, 0.15) is 0 Å². The minimum absolute atomic E-state index is 0.291. The van der Waals surface area contributed by atoms with Gasteiger partial charge in [-0.25, -0.2) is 0 Å². The Morgan fingerprint density at radius 3 is 2.50 bits per heavy atom. The molecule has 24 heavy (non-hydrogen) atoms. The van der Waals surface area contributed by atoms with Crippen LogP contribution in [0.4, 0.5) is 0 Å². The fraction of sp³-hybridized carbons (Fsp3) is 0.667. The van der Waals surface area contributed by atoms with Crippen molar-refractivity contribution >= 4 is 5.91 Å². The van der Waals surface area contributed by atoms with E-state index in [4.69, 9.17) is 0 Å². The molecule has 130 valence electrons. The van der Waals surface area contributed by atoms with E-state index in [1.165, 1.54) is 43.2 Å². The zero-order chi connectivity index (χ0) is 16.6. The average Bonchev–Trinajstić information content (AvgIpc) is 2.94. The number of carbonyl (C=O) groups excluding carboxylic acids is 1. The van der Waals surface area contributed by atoms with Gasteiger partial charge in [0, 0.05) is 18.1 Å². The molecule has 3 aliphatic rings. The standard InChI is InChI=1S/C21H30N2O/c1-15-6-5-7-16(12-15)21(10-3-2-4-11-21)20(24)23-19-13-17-8-9-18(14-19)22-17/h5-7,12,17-19,22H,2-4,8-11,13-14H2,1H3,(H,23,24). The Morgan fingerprint density at radius 2 is 1.83 bits per heavy atom. The maximum atomic E-state index is 13.4. The third kappa shape index (κ3) is 2.99. The molecule has 2 N–H and O–H groups in total. The molecule has 0 radical (unpaired) electrons. The van der Waals surface area contributed by atoms with Gasteiger partial charge >= 0.3 is 0 Å². The number of fused-ring (bicyclic) bond motifs is 2. The van der Waals surface area contributed by atoms with E-state index < -0.39 is 0 Å². The van der Waals surface area contributed by atoms with E-state index in [0.29, 0.717) is 24.0 Å². The molecule has 2 aliphatic heterocycles. The summed E-state index contributed by atoms with van der Waals surface area (Å²) in [6.45, 7) is 2.13. The van der Waals surface area contributed by atoms with E-state index in [0.717, 1.165) is 25.7 Å². The normalized spacial score (nSPS) is 31.6. The summed E-state index contributed by atoms with van der Waals surface area (Å²) in [6.07, 6.45) is 10.4. The summed E-state index contributed by atoms with van der Waals surface area (Å²) < 4.78 is 0. The van der Waals surface area contributed by atoms with E-state index in [-0.39, 0.29) is 5.41 Å². The lowest BCUT2D eigenvalue weighted by Gasteiger charge is -2.39. The smallest absolute Gasteiger partial charge is 0.230 e. The summed E-state index contributed by atoms with van der Waals surface area (Å²) in [5.74, 6) is 0.291. The van der Waals surface area contributed by atoms with Crippen molar-refractivity contribution in [2.75, 3.05) is 0 Å². The van der Waals surface area contributed by atoms with Crippen molar-refractivity contribution in [1.29, 1.82) is 0 Å². The van der Waals surface area contributed by atoms with Gasteiger partial charge in [0.05, 0.1) is 5.41 Å². The Labute approximate surface area is 145 Å². The van der Waals surface area contributed by atoms with E-state index in [2.05, 4.69) is 41.8 Å². The van der Waals surface area contributed by atoms with E-state index in [1.807, 2.05) is 0 Å². The van der Waals surface area contributed by atoms with Gasteiger partial charge in [-0.1, -0.05) is 49.1 Å². The first kappa shape index (κ1) is 16.1. The molecule has 1 amide bonds. The van der Waals surface area contributed by atoms with Crippen molar-refractivity contribution in [2.45, 2.75) is 88.3 Å². The molecule has 0 spiro atoms. The highest BCUT2D eigenvalue weighted by Crippen LogP contribution is 2.40. The number of benzene rings is 1. The summed E-state index contributed by atoms with van der Waals surface area (Å²) in [6, 6.07) is 10.2. The maximum Gasteiger partial charge on any atom is 0.230 e. The van der Waals surface area contributed by atoms with Crippen LogP contribution in [0, 0.1) is 6.92 Å². The Balaban J connectivity index is 1.55. The lowest BCUT2D eigenvalue weighted by Crippen LogP contribution is -2.53. The van der Waals surface area contributed by atoms with Gasteiger partial charge in [-0.05, 0) is 51.0 Å². The molecule has 2 bridgehead atoms. The van der Waals surface area contributed by atoms with Crippen molar-refractivity contribution in [2.24, 2.45) is 0 Å². The van der Waals surface area contributed by atoms with E-state index >= 15 is 0 Å². The average molecular weight is 326 g/mol. The Hall–Kier alpha value is -1.35. The number of amides is 1. The van der Waals surface area contributed by atoms with E-state index in [9.17, 15) is 4.79 Å². The van der Waals surface area contributed by atoms with Crippen molar-refractivity contribution < 1.29 is 4.79 Å². The van der Waals surface area contributed by atoms with Crippen LogP contribution in [0.25, 0.3) is 0 Å². The van der Waals surface area contributed by atoms with Crippen molar-refractivity contribution in [1.82, 2.24) is 10.6 Å². The lowest BCUT2D eigenvalue weighted by molar-refractivity contribution is -0.129. The molecule has 1 aromatic rings. The van der Waals surface area contributed by atoms with Crippen LogP contribution in [0.1, 0.15) is 68.9 Å². The van der Waals surface area contributed by atoms with Crippen molar-refractivity contribution in [3.8, 4) is 0 Å². The summed E-state index contributed by atoms with van der Waals surface area (Å²) >= 11 is 0. The molecule has 2 unspecified atom stereocenters. The second-order valence-electron chi connectivity index (χ2n) is 8.29. The quantitative estimate of drug-likeness (QED) is 0.891. The van der Waals surface area contributed by atoms with Crippen molar-refractivity contribution in [3.05, 3.63) is 35.4 Å². The first-order valence-corrected chi connectivity index (χ1v) is 9.80. The molecular formula is C21H30N2O. The topological polar surface area (TPSA) is 41.1 Å². The van der Waals surface area contributed by atoms with Gasteiger partial charge in [0.2, 0.25) is 5.91 Å². The third-order valence-corrected chi connectivity index (χ3v) is 6.52. The fourth-order valence-electron chi connectivity index (χ4n) is 5.24. The Kier molecular flexibility index (Phi) is 4.38. The minimum Gasteiger partial charge on any atom is -0.352 e. The molecule has 2 heterocycles. The highest BCUT2D eigenvalue weighted by molar-refractivity contribution is 5.88. The van der Waals surface area contributed by atoms with Crippen LogP contribution in [0.2, 0.25) is 0 Å². The zero-order valence-electron chi connectivity index (χ0n) is 14.8. The number of nitrogens with one attached hydrogen (secondary N) is 2. The zero-order valence-corrected chi connectivity index (χ0v) is 14.8. The van der Waals surface area contributed by atoms with Gasteiger partial charge in [-0.2, -0.15) is 0 Å². The third-order valence-electron chi connectivity index (χ3n) is 6.52. The molecular weight excluding hydrogens is 296 g/mol. The fourth-order valence-corrected chi connectivity index (χ4v) is 5.24. The Morgan fingerprint density at radius 1 is 1.12 bits per heavy atom. The summed E-state index contributed by atoms with van der Waals surface area (Å²) in [7, 11) is 0. The van der Waals surface area contributed by atoms with Crippen LogP contribution in [0.5, 0.6) is 0 Å². The first-order chi connectivity index (χ1) is 11.7. The number of aryl methyl sites for hydroxylation is 1. The van der Waals surface area contributed by atoms with Crippen molar-refractivity contribution in [3.63, 3.8) is 0 Å². The number of hydrogen-bond acceptors (Lipinski definition) is 2. The maximum absolute atomic E-state index is 13.4. The molecule has 3 nitrogen and oxygen atoms in total. The largest absolute Gasteiger partial charge is 0.352 e.